The number of allylic oxidation sites excluding steroid dienone is 4. The molecule has 0 spiro atoms. The number of esters is 1. The Hall–Kier alpha value is -2.00. The fraction of sp³-hybridized carbons (Fsp3) is 0.724. The van der Waals surface area contributed by atoms with Crippen molar-refractivity contribution < 1.29 is 29.3 Å². The summed E-state index contributed by atoms with van der Waals surface area (Å²) in [6, 6.07) is 0. The molecule has 8 nitrogen and oxygen atoms in total. The number of carbonyl (C=O) groups is 2. The van der Waals surface area contributed by atoms with Gasteiger partial charge in [-0.1, -0.05) is 51.2 Å². The number of nitrogens with one attached hydrogen (secondary N) is 2. The van der Waals surface area contributed by atoms with Crippen LogP contribution in [0.4, 0.5) is 0 Å². The number of cyclic esters (lactones) is 1. The Labute approximate surface area is 223 Å². The monoisotopic (exact) mass is 522 g/mol. The zero-order valence-corrected chi connectivity index (χ0v) is 23.4. The van der Waals surface area contributed by atoms with Crippen molar-refractivity contribution in [3.05, 3.63) is 36.0 Å². The third-order valence-corrected chi connectivity index (χ3v) is 6.62. The van der Waals surface area contributed by atoms with Crippen molar-refractivity contribution in [3.8, 4) is 0 Å². The van der Waals surface area contributed by atoms with Crippen molar-refractivity contribution in [3.63, 3.8) is 0 Å². The van der Waals surface area contributed by atoms with Gasteiger partial charge in [0.25, 0.3) is 0 Å². The summed E-state index contributed by atoms with van der Waals surface area (Å²) in [7, 11) is 0. The van der Waals surface area contributed by atoms with Gasteiger partial charge in [0.15, 0.2) is 0 Å². The van der Waals surface area contributed by atoms with Crippen molar-refractivity contribution in [2.24, 2.45) is 17.8 Å². The summed E-state index contributed by atoms with van der Waals surface area (Å²) in [6.07, 6.45) is 14.8. The standard InChI is InChI=1S/C24H38O4.C5H12N2O2/c1-16-8-6-10-18(3)24(28-23(26)15-21(25)13-12-16)19(4)11-7-9-17(2)14-22-20(5)27-22;8-4-3-6-1-2-7-5-9/h6-7,9-11,16-18,20-22,24-25H,8,12-15H2,1-5H3;5-6,8H,1-4H2,(H,7,9)/b9-7+,10-6+,19-11+;/t16?,17?,18?,20?,21?,22?,24-;/m0./s1. The van der Waals surface area contributed by atoms with Crippen LogP contribution in [0.2, 0.25) is 0 Å². The van der Waals surface area contributed by atoms with E-state index in [1.54, 1.807) is 0 Å². The van der Waals surface area contributed by atoms with Crippen LogP contribution in [-0.4, -0.2) is 73.2 Å². The molecule has 0 aromatic heterocycles. The Bertz CT molecular complexity index is 738. The lowest BCUT2D eigenvalue weighted by molar-refractivity contribution is -0.151. The topological polar surface area (TPSA) is 120 Å². The van der Waals surface area contributed by atoms with Crippen molar-refractivity contribution in [2.75, 3.05) is 26.2 Å². The molecule has 0 saturated carbocycles. The number of rotatable bonds is 11. The number of hydrogen-bond donors (Lipinski definition) is 4. The minimum absolute atomic E-state index is 0.0688. The van der Waals surface area contributed by atoms with Crippen LogP contribution in [-0.2, 0) is 19.1 Å². The molecule has 4 N–H and O–H groups in total. The van der Waals surface area contributed by atoms with Crippen molar-refractivity contribution in [1.82, 2.24) is 10.6 Å². The number of hydrogen-bond acceptors (Lipinski definition) is 7. The summed E-state index contributed by atoms with van der Waals surface area (Å²) in [4.78, 5) is 22.0. The summed E-state index contributed by atoms with van der Waals surface area (Å²) in [6.45, 7) is 12.6. The first-order valence-corrected chi connectivity index (χ1v) is 13.7. The molecule has 212 valence electrons. The van der Waals surface area contributed by atoms with Crippen LogP contribution in [0, 0.1) is 17.8 Å². The second kappa shape index (κ2) is 19.1. The lowest BCUT2D eigenvalue weighted by atomic mass is 9.93. The molecule has 2 rings (SSSR count). The lowest BCUT2D eigenvalue weighted by Gasteiger charge is -2.24. The first kappa shape index (κ1) is 33.0. The average Bonchev–Trinajstić information content (AvgIpc) is 3.54. The molecule has 1 fully saturated rings. The van der Waals surface area contributed by atoms with Gasteiger partial charge in [0, 0.05) is 25.6 Å². The van der Waals surface area contributed by atoms with Crippen molar-refractivity contribution in [1.29, 1.82) is 0 Å². The number of carbonyl (C=O) groups excluding carboxylic acids is 2. The van der Waals surface area contributed by atoms with E-state index in [0.717, 1.165) is 24.8 Å². The maximum absolute atomic E-state index is 12.3. The molecule has 7 atom stereocenters. The number of aliphatic hydroxyl groups is 2. The highest BCUT2D eigenvalue weighted by Crippen LogP contribution is 2.28. The van der Waals surface area contributed by atoms with Crippen LogP contribution in [0.1, 0.15) is 66.7 Å². The molecule has 0 aliphatic carbocycles. The average molecular weight is 523 g/mol. The van der Waals surface area contributed by atoms with E-state index in [0.29, 0.717) is 56.5 Å². The van der Waals surface area contributed by atoms with Crippen molar-refractivity contribution >= 4 is 12.4 Å². The third-order valence-electron chi connectivity index (χ3n) is 6.62. The molecule has 0 aromatic carbocycles. The first-order valence-electron chi connectivity index (χ1n) is 13.7. The molecular weight excluding hydrogens is 472 g/mol. The van der Waals surface area contributed by atoms with Crippen LogP contribution in [0.25, 0.3) is 0 Å². The van der Waals surface area contributed by atoms with Gasteiger partial charge in [0.1, 0.15) is 6.10 Å². The second-order valence-electron chi connectivity index (χ2n) is 10.4. The summed E-state index contributed by atoms with van der Waals surface area (Å²) >= 11 is 0. The Kier molecular flexibility index (Phi) is 17.1. The Morgan fingerprint density at radius 1 is 1.22 bits per heavy atom. The Morgan fingerprint density at radius 2 is 1.95 bits per heavy atom. The molecular formula is C29H50N2O6. The zero-order valence-electron chi connectivity index (χ0n) is 23.4. The zero-order chi connectivity index (χ0) is 27.6. The van der Waals surface area contributed by atoms with E-state index in [1.165, 1.54) is 0 Å². The summed E-state index contributed by atoms with van der Waals surface area (Å²) < 4.78 is 11.3. The predicted octanol–water partition coefficient (Wildman–Crippen LogP) is 3.29. The van der Waals surface area contributed by atoms with Crippen LogP contribution in [0.5, 0.6) is 0 Å². The van der Waals surface area contributed by atoms with Gasteiger partial charge in [0.2, 0.25) is 6.41 Å². The third kappa shape index (κ3) is 15.8. The quantitative estimate of drug-likeness (QED) is 0.0821. The van der Waals surface area contributed by atoms with E-state index in [1.807, 2.05) is 13.0 Å². The fourth-order valence-corrected chi connectivity index (χ4v) is 4.16. The highest BCUT2D eigenvalue weighted by molar-refractivity contribution is 5.70. The van der Waals surface area contributed by atoms with E-state index in [9.17, 15) is 14.7 Å². The molecule has 1 amide bonds. The molecule has 8 heteroatoms. The highest BCUT2D eigenvalue weighted by atomic mass is 16.6. The molecule has 2 aliphatic rings. The number of amides is 1. The molecule has 2 aliphatic heterocycles. The molecule has 1 saturated heterocycles. The molecule has 0 aromatic rings. The predicted molar refractivity (Wildman–Crippen MR) is 147 cm³/mol. The Morgan fingerprint density at radius 3 is 2.59 bits per heavy atom. The maximum atomic E-state index is 12.3. The fourth-order valence-electron chi connectivity index (χ4n) is 4.16. The van der Waals surface area contributed by atoms with Crippen LogP contribution >= 0.6 is 0 Å². The Balaban J connectivity index is 0.000000649. The van der Waals surface area contributed by atoms with Gasteiger partial charge in [-0.15, -0.1) is 0 Å². The molecule has 0 radical (unpaired) electrons. The molecule has 2 heterocycles. The van der Waals surface area contributed by atoms with Gasteiger partial charge in [0.05, 0.1) is 31.3 Å². The van der Waals surface area contributed by atoms with Gasteiger partial charge in [-0.05, 0) is 56.9 Å². The van der Waals surface area contributed by atoms with E-state index in [4.69, 9.17) is 14.6 Å². The van der Waals surface area contributed by atoms with Gasteiger partial charge in [-0.25, -0.2) is 0 Å². The van der Waals surface area contributed by atoms with E-state index < -0.39 is 6.10 Å². The highest BCUT2D eigenvalue weighted by Gasteiger charge is 2.34. The van der Waals surface area contributed by atoms with Gasteiger partial charge >= 0.3 is 5.97 Å². The largest absolute Gasteiger partial charge is 0.457 e. The van der Waals surface area contributed by atoms with E-state index in [-0.39, 0.29) is 31.0 Å². The maximum Gasteiger partial charge on any atom is 0.309 e. The number of ether oxygens (including phenoxy) is 2. The van der Waals surface area contributed by atoms with Crippen molar-refractivity contribution in [2.45, 2.75) is 91.1 Å². The molecule has 6 unspecified atom stereocenters. The van der Waals surface area contributed by atoms with Crippen LogP contribution < -0.4 is 10.6 Å². The first-order chi connectivity index (χ1) is 17.7. The lowest BCUT2D eigenvalue weighted by Crippen LogP contribution is -2.28. The minimum atomic E-state index is -0.619. The van der Waals surface area contributed by atoms with Gasteiger partial charge in [-0.3, -0.25) is 9.59 Å². The summed E-state index contributed by atoms with van der Waals surface area (Å²) in [5, 5.41) is 23.8. The van der Waals surface area contributed by atoms with Gasteiger partial charge in [-0.2, -0.15) is 0 Å². The number of aliphatic hydroxyl groups excluding tert-OH is 2. The van der Waals surface area contributed by atoms with E-state index >= 15 is 0 Å². The summed E-state index contributed by atoms with van der Waals surface area (Å²) in [5.41, 5.74) is 1.02. The summed E-state index contributed by atoms with van der Waals surface area (Å²) in [5.74, 6) is 0.726. The van der Waals surface area contributed by atoms with E-state index in [2.05, 4.69) is 62.6 Å². The molecule has 37 heavy (non-hydrogen) atoms. The molecule has 0 bridgehead atoms. The van der Waals surface area contributed by atoms with Crippen LogP contribution in [0.3, 0.4) is 0 Å². The normalized spacial score (nSPS) is 30.7. The SMILES string of the molecule is C/C(=C\C=C\C(C)CC1OC1C)[C@H]1OC(=O)CC(O)CCC(C)C/C=C/C1C.O=CNCCNCCO. The minimum Gasteiger partial charge on any atom is -0.457 e. The second-order valence-corrected chi connectivity index (χ2v) is 10.4. The smallest absolute Gasteiger partial charge is 0.309 e. The number of epoxide rings is 1. The van der Waals surface area contributed by atoms with Crippen LogP contribution in [0.15, 0.2) is 36.0 Å². The van der Waals surface area contributed by atoms with Gasteiger partial charge < -0.3 is 30.3 Å².